The molecule has 0 radical (unpaired) electrons. The molecule has 31 heavy (non-hydrogen) atoms. The van der Waals surface area contributed by atoms with Gasteiger partial charge in [0, 0.05) is 30.8 Å². The Morgan fingerprint density at radius 2 is 1.48 bits per heavy atom. The lowest BCUT2D eigenvalue weighted by Gasteiger charge is -2.09. The van der Waals surface area contributed by atoms with E-state index < -0.39 is 0 Å². The van der Waals surface area contributed by atoms with E-state index in [1.165, 1.54) is 63.9 Å². The summed E-state index contributed by atoms with van der Waals surface area (Å²) < 4.78 is 13.7. The van der Waals surface area contributed by atoms with E-state index in [2.05, 4.69) is 17.6 Å². The maximum absolute atomic E-state index is 13.7. The summed E-state index contributed by atoms with van der Waals surface area (Å²) in [5.74, 6) is -0.220. The van der Waals surface area contributed by atoms with E-state index >= 15 is 0 Å². The zero-order valence-electron chi connectivity index (χ0n) is 19.1. The summed E-state index contributed by atoms with van der Waals surface area (Å²) in [7, 11) is 0. The molecule has 1 amide bonds. The Labute approximate surface area is 187 Å². The lowest BCUT2D eigenvalue weighted by Crippen LogP contribution is -2.24. The third-order valence-electron chi connectivity index (χ3n) is 5.61. The molecule has 3 nitrogen and oxygen atoms in total. The van der Waals surface area contributed by atoms with Crippen molar-refractivity contribution < 1.29 is 9.18 Å². The van der Waals surface area contributed by atoms with Gasteiger partial charge in [0.05, 0.1) is 0 Å². The number of unbranched alkanes of at least 4 members (excludes halogenated alkanes) is 9. The van der Waals surface area contributed by atoms with E-state index in [-0.39, 0.29) is 11.7 Å². The van der Waals surface area contributed by atoms with Gasteiger partial charge in [0.15, 0.2) is 0 Å². The molecule has 2 aromatic carbocycles. The number of benzene rings is 2. The fraction of sp³-hybridized carbons (Fsp3) is 0.519. The molecule has 0 atom stereocenters. The average molecular weight is 427 g/mol. The van der Waals surface area contributed by atoms with Crippen molar-refractivity contribution in [3.8, 4) is 0 Å². The standard InChI is InChI=1S/C27H39FN2O/c1-2-3-4-5-6-7-8-9-10-13-19-30-27(31)24-17-14-15-23(20-24)21-29-22-25-16-11-12-18-26(25)28/h11-12,14-18,20,29H,2-10,13,19,21-22H2,1H3,(H,30,31). The molecular formula is C27H39FN2O. The third-order valence-corrected chi connectivity index (χ3v) is 5.61. The van der Waals surface area contributed by atoms with Gasteiger partial charge in [-0.2, -0.15) is 0 Å². The Balaban J connectivity index is 1.58. The summed E-state index contributed by atoms with van der Waals surface area (Å²) in [6, 6.07) is 14.4. The summed E-state index contributed by atoms with van der Waals surface area (Å²) in [6.07, 6.45) is 12.9. The van der Waals surface area contributed by atoms with Crippen molar-refractivity contribution in [3.63, 3.8) is 0 Å². The quantitative estimate of drug-likeness (QED) is 0.291. The first-order chi connectivity index (χ1) is 15.2. The van der Waals surface area contributed by atoms with Crippen molar-refractivity contribution in [1.82, 2.24) is 10.6 Å². The third kappa shape index (κ3) is 10.6. The lowest BCUT2D eigenvalue weighted by molar-refractivity contribution is 0.0953. The molecule has 0 saturated carbocycles. The van der Waals surface area contributed by atoms with Gasteiger partial charge in [-0.1, -0.05) is 95.0 Å². The molecule has 0 spiro atoms. The summed E-state index contributed by atoms with van der Waals surface area (Å²) in [5, 5.41) is 6.28. The van der Waals surface area contributed by atoms with Crippen LogP contribution in [0.5, 0.6) is 0 Å². The molecule has 4 heteroatoms. The van der Waals surface area contributed by atoms with Crippen LogP contribution in [0.15, 0.2) is 48.5 Å². The van der Waals surface area contributed by atoms with Crippen LogP contribution in [0.1, 0.15) is 92.6 Å². The zero-order chi connectivity index (χ0) is 22.2. The molecule has 0 bridgehead atoms. The van der Waals surface area contributed by atoms with Crippen LogP contribution in [0.2, 0.25) is 0 Å². The molecule has 0 unspecified atom stereocenters. The number of hydrogen-bond donors (Lipinski definition) is 2. The highest BCUT2D eigenvalue weighted by Crippen LogP contribution is 2.11. The molecule has 2 N–H and O–H groups in total. The molecule has 2 rings (SSSR count). The van der Waals surface area contributed by atoms with Crippen LogP contribution in [0.3, 0.4) is 0 Å². The summed E-state index contributed by atoms with van der Waals surface area (Å²) in [6.45, 7) is 4.03. The number of halogens is 1. The van der Waals surface area contributed by atoms with Crippen LogP contribution in [0.25, 0.3) is 0 Å². The fourth-order valence-electron chi connectivity index (χ4n) is 3.72. The van der Waals surface area contributed by atoms with Gasteiger partial charge >= 0.3 is 0 Å². The van der Waals surface area contributed by atoms with Gasteiger partial charge in [0.1, 0.15) is 5.82 Å². The molecule has 2 aromatic rings. The van der Waals surface area contributed by atoms with E-state index in [1.54, 1.807) is 12.1 Å². The van der Waals surface area contributed by atoms with Crippen LogP contribution in [-0.2, 0) is 13.1 Å². The van der Waals surface area contributed by atoms with Gasteiger partial charge < -0.3 is 10.6 Å². The van der Waals surface area contributed by atoms with Crippen molar-refractivity contribution in [1.29, 1.82) is 0 Å². The zero-order valence-corrected chi connectivity index (χ0v) is 19.1. The van der Waals surface area contributed by atoms with E-state index in [0.29, 0.717) is 24.2 Å². The summed E-state index contributed by atoms with van der Waals surface area (Å²) in [5.41, 5.74) is 2.34. The number of carbonyl (C=O) groups excluding carboxylic acids is 1. The van der Waals surface area contributed by atoms with Crippen LogP contribution in [-0.4, -0.2) is 12.5 Å². The number of hydrogen-bond acceptors (Lipinski definition) is 2. The number of carbonyl (C=O) groups is 1. The second-order valence-electron chi connectivity index (χ2n) is 8.33. The summed E-state index contributed by atoms with van der Waals surface area (Å²) >= 11 is 0. The first-order valence-corrected chi connectivity index (χ1v) is 12.0. The van der Waals surface area contributed by atoms with Crippen LogP contribution >= 0.6 is 0 Å². The molecule has 0 aromatic heterocycles. The van der Waals surface area contributed by atoms with Gasteiger partial charge in [-0.15, -0.1) is 0 Å². The van der Waals surface area contributed by atoms with Gasteiger partial charge in [-0.3, -0.25) is 4.79 Å². The minimum atomic E-state index is -0.199. The van der Waals surface area contributed by atoms with Gasteiger partial charge in [0.25, 0.3) is 5.91 Å². The smallest absolute Gasteiger partial charge is 0.251 e. The van der Waals surface area contributed by atoms with E-state index in [0.717, 1.165) is 18.5 Å². The second-order valence-corrected chi connectivity index (χ2v) is 8.33. The Kier molecular flexibility index (Phi) is 12.6. The number of rotatable bonds is 16. The number of amides is 1. The molecule has 0 aliphatic heterocycles. The fourth-order valence-corrected chi connectivity index (χ4v) is 3.72. The first-order valence-electron chi connectivity index (χ1n) is 12.0. The Morgan fingerprint density at radius 1 is 0.806 bits per heavy atom. The molecule has 0 aliphatic carbocycles. The van der Waals surface area contributed by atoms with Crippen molar-refractivity contribution in [2.75, 3.05) is 6.54 Å². The predicted molar refractivity (Wildman–Crippen MR) is 128 cm³/mol. The summed E-state index contributed by atoms with van der Waals surface area (Å²) in [4.78, 5) is 12.4. The normalized spacial score (nSPS) is 10.9. The Morgan fingerprint density at radius 3 is 2.19 bits per heavy atom. The highest BCUT2D eigenvalue weighted by Gasteiger charge is 2.06. The highest BCUT2D eigenvalue weighted by atomic mass is 19.1. The Bertz CT molecular complexity index is 762. The molecule has 0 fully saturated rings. The van der Waals surface area contributed by atoms with E-state index in [1.807, 2.05) is 30.3 Å². The van der Waals surface area contributed by atoms with Crippen molar-refractivity contribution in [2.24, 2.45) is 0 Å². The average Bonchev–Trinajstić information content (AvgIpc) is 2.79. The molecule has 170 valence electrons. The SMILES string of the molecule is CCCCCCCCCCCCNC(=O)c1cccc(CNCc2ccccc2F)c1. The van der Waals surface area contributed by atoms with Gasteiger partial charge in [-0.05, 0) is 30.2 Å². The van der Waals surface area contributed by atoms with Crippen LogP contribution in [0.4, 0.5) is 4.39 Å². The highest BCUT2D eigenvalue weighted by molar-refractivity contribution is 5.94. The lowest BCUT2D eigenvalue weighted by atomic mass is 10.1. The molecule has 0 aliphatic rings. The largest absolute Gasteiger partial charge is 0.352 e. The predicted octanol–water partition coefficient (Wildman–Crippen LogP) is 6.77. The maximum Gasteiger partial charge on any atom is 0.251 e. The maximum atomic E-state index is 13.7. The second kappa shape index (κ2) is 15.6. The van der Waals surface area contributed by atoms with Crippen LogP contribution in [0, 0.1) is 5.82 Å². The van der Waals surface area contributed by atoms with Gasteiger partial charge in [0.2, 0.25) is 0 Å². The van der Waals surface area contributed by atoms with Gasteiger partial charge in [-0.25, -0.2) is 4.39 Å². The van der Waals surface area contributed by atoms with Crippen molar-refractivity contribution in [3.05, 3.63) is 71.0 Å². The molecule has 0 saturated heterocycles. The minimum Gasteiger partial charge on any atom is -0.352 e. The van der Waals surface area contributed by atoms with E-state index in [4.69, 9.17) is 0 Å². The minimum absolute atomic E-state index is 0.0214. The Hall–Kier alpha value is -2.20. The van der Waals surface area contributed by atoms with E-state index in [9.17, 15) is 9.18 Å². The molecular weight excluding hydrogens is 387 g/mol. The molecule has 0 heterocycles. The van der Waals surface area contributed by atoms with Crippen molar-refractivity contribution in [2.45, 2.75) is 84.2 Å². The number of nitrogens with one attached hydrogen (secondary N) is 2. The van der Waals surface area contributed by atoms with Crippen molar-refractivity contribution >= 4 is 5.91 Å². The first kappa shape index (κ1) is 25.1. The van der Waals surface area contributed by atoms with Crippen LogP contribution < -0.4 is 10.6 Å². The monoisotopic (exact) mass is 426 g/mol. The topological polar surface area (TPSA) is 41.1 Å².